The molecule has 0 amide bonds. The Hall–Kier alpha value is -2.11. The van der Waals surface area contributed by atoms with Gasteiger partial charge in [-0.1, -0.05) is 11.6 Å². The van der Waals surface area contributed by atoms with E-state index >= 15 is 0 Å². The second-order valence-electron chi connectivity index (χ2n) is 7.95. The van der Waals surface area contributed by atoms with Gasteiger partial charge < -0.3 is 15.2 Å². The van der Waals surface area contributed by atoms with Crippen LogP contribution in [0.1, 0.15) is 31.2 Å². The van der Waals surface area contributed by atoms with Crippen LogP contribution >= 0.6 is 11.6 Å². The number of benzene rings is 1. The number of aryl methyl sites for hydroxylation is 1. The smallest absolute Gasteiger partial charge is 0.140 e. The first-order valence-electron chi connectivity index (χ1n) is 10.1. The van der Waals surface area contributed by atoms with Gasteiger partial charge in [-0.3, -0.25) is 0 Å². The van der Waals surface area contributed by atoms with Crippen LogP contribution in [0, 0.1) is 12.8 Å². The van der Waals surface area contributed by atoms with Crippen LogP contribution in [0.2, 0.25) is 5.02 Å². The molecule has 0 radical (unpaired) electrons. The predicted molar refractivity (Wildman–Crippen MR) is 117 cm³/mol. The van der Waals surface area contributed by atoms with Crippen LogP contribution in [0.5, 0.6) is 0 Å². The highest BCUT2D eigenvalue weighted by Gasteiger charge is 2.15. The summed E-state index contributed by atoms with van der Waals surface area (Å²) in [6.07, 6.45) is 7.05. The number of piperidine rings is 1. The van der Waals surface area contributed by atoms with Crippen LogP contribution in [0.3, 0.4) is 0 Å². The number of halogens is 1. The zero-order chi connectivity index (χ0) is 19.5. The van der Waals surface area contributed by atoms with E-state index in [1.807, 2.05) is 31.3 Å². The van der Waals surface area contributed by atoms with Gasteiger partial charge in [-0.25, -0.2) is 9.97 Å². The molecule has 0 saturated carbocycles. The van der Waals surface area contributed by atoms with E-state index in [1.54, 1.807) is 0 Å². The zero-order valence-corrected chi connectivity index (χ0v) is 17.4. The normalized spacial score (nSPS) is 16.0. The number of nitrogens with one attached hydrogen (secondary N) is 2. The molecule has 0 spiro atoms. The summed E-state index contributed by atoms with van der Waals surface area (Å²) in [5.41, 5.74) is 3.95. The Morgan fingerprint density at radius 1 is 1.25 bits per heavy atom. The Kier molecular flexibility index (Phi) is 5.83. The molecule has 28 heavy (non-hydrogen) atoms. The average Bonchev–Trinajstić information content (AvgIpc) is 3.11. The number of imidazole rings is 1. The molecule has 5 nitrogen and oxygen atoms in total. The maximum absolute atomic E-state index is 6.15. The van der Waals surface area contributed by atoms with Crippen LogP contribution in [0.15, 0.2) is 30.5 Å². The van der Waals surface area contributed by atoms with Crippen molar-refractivity contribution in [1.29, 1.82) is 0 Å². The van der Waals surface area contributed by atoms with Crippen molar-refractivity contribution in [2.75, 3.05) is 32.0 Å². The molecule has 2 aromatic heterocycles. The zero-order valence-electron chi connectivity index (χ0n) is 16.6. The number of nitrogens with zero attached hydrogens (tertiary/aromatic N) is 3. The molecule has 0 atom stereocenters. The Bertz CT molecular complexity index is 926. The molecule has 0 aliphatic carbocycles. The van der Waals surface area contributed by atoms with Crippen molar-refractivity contribution in [3.8, 4) is 11.4 Å². The van der Waals surface area contributed by atoms with Crippen LogP contribution in [0.4, 0.5) is 5.82 Å². The van der Waals surface area contributed by atoms with Crippen molar-refractivity contribution in [2.45, 2.75) is 32.6 Å². The summed E-state index contributed by atoms with van der Waals surface area (Å²) >= 11 is 6.15. The lowest BCUT2D eigenvalue weighted by Crippen LogP contribution is -2.30. The molecule has 0 unspecified atom stereocenters. The van der Waals surface area contributed by atoms with Gasteiger partial charge in [-0.05, 0) is 88.5 Å². The molecule has 6 heteroatoms. The summed E-state index contributed by atoms with van der Waals surface area (Å²) in [6.45, 7) is 5.49. The van der Waals surface area contributed by atoms with Gasteiger partial charge in [0.15, 0.2) is 0 Å². The Morgan fingerprint density at radius 3 is 2.82 bits per heavy atom. The van der Waals surface area contributed by atoms with E-state index in [-0.39, 0.29) is 0 Å². The van der Waals surface area contributed by atoms with E-state index in [0.29, 0.717) is 0 Å². The quantitative estimate of drug-likeness (QED) is 0.567. The summed E-state index contributed by atoms with van der Waals surface area (Å²) in [6, 6.07) is 7.93. The third-order valence-corrected chi connectivity index (χ3v) is 5.93. The van der Waals surface area contributed by atoms with E-state index in [1.165, 1.54) is 38.8 Å². The number of anilines is 1. The molecule has 0 bridgehead atoms. The molecule has 1 saturated heterocycles. The van der Waals surface area contributed by atoms with Crippen molar-refractivity contribution in [3.05, 3.63) is 41.0 Å². The van der Waals surface area contributed by atoms with Crippen molar-refractivity contribution in [1.82, 2.24) is 19.9 Å². The lowest BCUT2D eigenvalue weighted by atomic mass is 9.92. The standard InChI is InChI=1S/C22H28ClN5/c1-15-12-18(23)13-19-21(15)27-22(26-19)17-5-6-20(25-14-17)24-9-3-4-16-7-10-28(2)11-8-16/h5-6,12-14,16H,3-4,7-11H2,1-2H3,(H,24,25)(H,26,27). The largest absolute Gasteiger partial charge is 0.370 e. The van der Waals surface area contributed by atoms with Gasteiger partial charge in [-0.15, -0.1) is 0 Å². The Labute approximate surface area is 171 Å². The monoisotopic (exact) mass is 397 g/mol. The number of fused-ring (bicyclic) bond motifs is 1. The lowest BCUT2D eigenvalue weighted by molar-refractivity contribution is 0.211. The number of likely N-dealkylation sites (tertiary alicyclic amines) is 1. The second-order valence-corrected chi connectivity index (χ2v) is 8.39. The second kappa shape index (κ2) is 8.50. The first kappa shape index (κ1) is 19.2. The fraction of sp³-hybridized carbons (Fsp3) is 0.455. The number of hydrogen-bond donors (Lipinski definition) is 2. The van der Waals surface area contributed by atoms with Gasteiger partial charge in [-0.2, -0.15) is 0 Å². The van der Waals surface area contributed by atoms with Gasteiger partial charge in [0, 0.05) is 23.3 Å². The van der Waals surface area contributed by atoms with Crippen LogP contribution in [-0.4, -0.2) is 46.5 Å². The minimum Gasteiger partial charge on any atom is -0.370 e. The highest BCUT2D eigenvalue weighted by Crippen LogP contribution is 2.26. The molecule has 2 N–H and O–H groups in total. The van der Waals surface area contributed by atoms with Gasteiger partial charge in [0.2, 0.25) is 0 Å². The van der Waals surface area contributed by atoms with Gasteiger partial charge in [0.25, 0.3) is 0 Å². The van der Waals surface area contributed by atoms with E-state index in [2.05, 4.69) is 33.3 Å². The van der Waals surface area contributed by atoms with Crippen molar-refractivity contribution < 1.29 is 0 Å². The third-order valence-electron chi connectivity index (χ3n) is 5.71. The molecule has 3 aromatic rings. The molecule has 3 heterocycles. The van der Waals surface area contributed by atoms with Gasteiger partial charge in [0.05, 0.1) is 11.0 Å². The van der Waals surface area contributed by atoms with E-state index in [4.69, 9.17) is 16.6 Å². The predicted octanol–water partition coefficient (Wildman–Crippen LogP) is 5.12. The molecule has 148 valence electrons. The molecular formula is C22H28ClN5. The third kappa shape index (κ3) is 4.47. The first-order chi connectivity index (χ1) is 13.6. The van der Waals surface area contributed by atoms with Gasteiger partial charge in [0.1, 0.15) is 11.6 Å². The molecule has 4 rings (SSSR count). The topological polar surface area (TPSA) is 56.8 Å². The molecule has 1 aliphatic rings. The maximum atomic E-state index is 6.15. The highest BCUT2D eigenvalue weighted by atomic mass is 35.5. The minimum absolute atomic E-state index is 0.720. The number of rotatable bonds is 6. The fourth-order valence-electron chi connectivity index (χ4n) is 3.98. The SMILES string of the molecule is Cc1cc(Cl)cc2[nH]c(-c3ccc(NCCCC4CCN(C)CC4)nc3)nc12. The summed E-state index contributed by atoms with van der Waals surface area (Å²) in [5, 5.41) is 4.17. The number of aromatic amines is 1. The van der Waals surface area contributed by atoms with E-state index in [9.17, 15) is 0 Å². The maximum Gasteiger partial charge on any atom is 0.140 e. The lowest BCUT2D eigenvalue weighted by Gasteiger charge is -2.28. The average molecular weight is 398 g/mol. The highest BCUT2D eigenvalue weighted by molar-refractivity contribution is 6.31. The van der Waals surface area contributed by atoms with Crippen molar-refractivity contribution >= 4 is 28.5 Å². The molecule has 1 aromatic carbocycles. The van der Waals surface area contributed by atoms with Crippen LogP contribution < -0.4 is 5.32 Å². The summed E-state index contributed by atoms with van der Waals surface area (Å²) in [7, 11) is 2.22. The minimum atomic E-state index is 0.720. The van der Waals surface area contributed by atoms with Crippen molar-refractivity contribution in [3.63, 3.8) is 0 Å². The number of pyridine rings is 1. The Morgan fingerprint density at radius 2 is 2.07 bits per heavy atom. The molecule has 1 aliphatic heterocycles. The van der Waals surface area contributed by atoms with Crippen molar-refractivity contribution in [2.24, 2.45) is 5.92 Å². The molecular weight excluding hydrogens is 370 g/mol. The van der Waals surface area contributed by atoms with Crippen LogP contribution in [-0.2, 0) is 0 Å². The summed E-state index contributed by atoms with van der Waals surface area (Å²) in [4.78, 5) is 15.0. The van der Waals surface area contributed by atoms with E-state index < -0.39 is 0 Å². The summed E-state index contributed by atoms with van der Waals surface area (Å²) < 4.78 is 0. The summed E-state index contributed by atoms with van der Waals surface area (Å²) in [5.74, 6) is 2.63. The number of aromatic nitrogens is 3. The molecule has 1 fully saturated rings. The van der Waals surface area contributed by atoms with Gasteiger partial charge >= 0.3 is 0 Å². The number of H-pyrrole nitrogens is 1. The number of hydrogen-bond acceptors (Lipinski definition) is 4. The van der Waals surface area contributed by atoms with Crippen LogP contribution in [0.25, 0.3) is 22.4 Å². The fourth-order valence-corrected chi connectivity index (χ4v) is 4.25. The van der Waals surface area contributed by atoms with E-state index in [0.717, 1.165) is 51.3 Å². The first-order valence-corrected chi connectivity index (χ1v) is 10.5. The Balaban J connectivity index is 1.32.